The molecule has 0 aliphatic heterocycles. The summed E-state index contributed by atoms with van der Waals surface area (Å²) in [7, 11) is -0.741. The molecule has 0 saturated carbocycles. The number of hydrogen-bond acceptors (Lipinski definition) is 1. The number of rotatable bonds is 4. The van der Waals surface area contributed by atoms with Crippen molar-refractivity contribution in [1.82, 2.24) is 0 Å². The van der Waals surface area contributed by atoms with E-state index in [0.29, 0.717) is 0 Å². The molecule has 2 aromatic rings. The molecule has 0 N–H and O–H groups in total. The third-order valence-electron chi connectivity index (χ3n) is 4.74. The van der Waals surface area contributed by atoms with Crippen LogP contribution in [0.5, 0.6) is 0 Å². The number of nitrogens with zero attached hydrogens (tertiary/aromatic N) is 1. The molecule has 0 spiro atoms. The van der Waals surface area contributed by atoms with Gasteiger partial charge in [-0.1, -0.05) is 61.3 Å². The largest absolute Gasteiger partial charge is 0.362 e. The molecule has 0 fully saturated rings. The molecule has 0 saturated heterocycles. The quantitative estimate of drug-likeness (QED) is 0.615. The first kappa shape index (κ1) is 20.5. The first-order valence-electron chi connectivity index (χ1n) is 9.61. The maximum Gasteiger partial charge on any atom is 0.0647 e. The monoisotopic (exact) mass is 365 g/mol. The highest BCUT2D eigenvalue weighted by molar-refractivity contribution is 6.70. The van der Waals surface area contributed by atoms with Gasteiger partial charge >= 0.3 is 0 Å². The van der Waals surface area contributed by atoms with Crippen LogP contribution in [0.1, 0.15) is 52.7 Å². The van der Waals surface area contributed by atoms with Gasteiger partial charge in [0.1, 0.15) is 0 Å². The minimum absolute atomic E-state index is 0.0628. The van der Waals surface area contributed by atoms with Crippen LogP contribution in [0, 0.1) is 0 Å². The zero-order valence-electron chi connectivity index (χ0n) is 17.9. The Balaban J connectivity index is 2.29. The molecule has 0 heterocycles. The molecule has 0 atom stereocenters. The minimum atomic E-state index is -0.741. The summed E-state index contributed by atoms with van der Waals surface area (Å²) in [6, 6.07) is 17.8. The maximum atomic E-state index is 4.34. The van der Waals surface area contributed by atoms with Gasteiger partial charge in [0.25, 0.3) is 0 Å². The summed E-state index contributed by atoms with van der Waals surface area (Å²) in [5.74, 6) is 0. The summed E-state index contributed by atoms with van der Waals surface area (Å²) in [6.07, 6.45) is 0. The molecule has 0 aromatic heterocycles. The fourth-order valence-corrected chi connectivity index (χ4v) is 4.79. The van der Waals surface area contributed by atoms with E-state index in [9.17, 15) is 0 Å². The number of anilines is 1. The van der Waals surface area contributed by atoms with Gasteiger partial charge in [0.15, 0.2) is 0 Å². The van der Waals surface area contributed by atoms with Gasteiger partial charge in [0, 0.05) is 16.8 Å². The van der Waals surface area contributed by atoms with E-state index in [1.54, 1.807) is 0 Å². The highest BCUT2D eigenvalue weighted by Gasteiger charge is 2.31. The third-order valence-corrected chi connectivity index (χ3v) is 6.46. The van der Waals surface area contributed by atoms with Gasteiger partial charge in [0.2, 0.25) is 0 Å². The van der Waals surface area contributed by atoms with Crippen LogP contribution < -0.4 is 10.1 Å². The Bertz CT molecular complexity index is 727. The molecule has 1 nitrogen and oxygen atoms in total. The average molecular weight is 366 g/mol. The predicted octanol–water partition coefficient (Wildman–Crippen LogP) is 5.85. The van der Waals surface area contributed by atoms with Gasteiger partial charge in [0.05, 0.1) is 8.80 Å². The second-order valence-corrected chi connectivity index (χ2v) is 12.5. The van der Waals surface area contributed by atoms with E-state index in [2.05, 4.69) is 115 Å². The van der Waals surface area contributed by atoms with Crippen LogP contribution in [0.3, 0.4) is 0 Å². The molecule has 0 aliphatic carbocycles. The zero-order chi connectivity index (χ0) is 19.7. The van der Waals surface area contributed by atoms with Crippen LogP contribution in [0.15, 0.2) is 55.1 Å². The van der Waals surface area contributed by atoms with Gasteiger partial charge in [-0.2, -0.15) is 0 Å². The molecule has 2 aromatic carbocycles. The minimum Gasteiger partial charge on any atom is -0.362 e. The van der Waals surface area contributed by atoms with Crippen molar-refractivity contribution in [1.29, 1.82) is 0 Å². The summed E-state index contributed by atoms with van der Waals surface area (Å²) < 4.78 is 0. The Hall–Kier alpha value is -1.80. The third kappa shape index (κ3) is 4.67. The van der Waals surface area contributed by atoms with Crippen LogP contribution in [-0.4, -0.2) is 19.9 Å². The van der Waals surface area contributed by atoms with Crippen molar-refractivity contribution >= 4 is 25.2 Å². The smallest absolute Gasteiger partial charge is 0.0647 e. The summed E-state index contributed by atoms with van der Waals surface area (Å²) in [5.41, 5.74) is 4.86. The molecule has 26 heavy (non-hydrogen) atoms. The van der Waals surface area contributed by atoms with E-state index in [1.165, 1.54) is 22.0 Å². The van der Waals surface area contributed by atoms with E-state index in [0.717, 1.165) is 5.57 Å². The molecule has 0 unspecified atom stereocenters. The SMILES string of the molecule is C=C(c1ccc(N(C(C)(C)C)C(C)(C)C)cc1)c1ccc([SiH](C)C)cc1. The Labute approximate surface area is 162 Å². The molecule has 2 heteroatoms. The standard InChI is InChI=1S/C24H35NSi/c1-18(20-12-16-22(17-13-20)26(8)9)19-10-14-21(15-11-19)25(23(2,3)4)24(5,6)7/h10-17,26H,1H2,2-9H3. The highest BCUT2D eigenvalue weighted by Crippen LogP contribution is 2.33. The van der Waals surface area contributed by atoms with Crippen molar-refractivity contribution < 1.29 is 0 Å². The topological polar surface area (TPSA) is 3.24 Å². The van der Waals surface area contributed by atoms with E-state index in [-0.39, 0.29) is 11.1 Å². The lowest BCUT2D eigenvalue weighted by atomic mass is 9.93. The summed E-state index contributed by atoms with van der Waals surface area (Å²) in [4.78, 5) is 2.48. The van der Waals surface area contributed by atoms with E-state index in [4.69, 9.17) is 0 Å². The van der Waals surface area contributed by atoms with Crippen LogP contribution in [-0.2, 0) is 0 Å². The molecular formula is C24H35NSi. The molecule has 0 bridgehead atoms. The lowest BCUT2D eigenvalue weighted by Gasteiger charge is -2.47. The molecule has 0 amide bonds. The average Bonchev–Trinajstić information content (AvgIpc) is 2.52. The van der Waals surface area contributed by atoms with Crippen LogP contribution in [0.4, 0.5) is 5.69 Å². The lowest BCUT2D eigenvalue weighted by molar-refractivity contribution is 0.381. The van der Waals surface area contributed by atoms with Gasteiger partial charge in [-0.3, -0.25) is 0 Å². The molecule has 140 valence electrons. The van der Waals surface area contributed by atoms with Crippen LogP contribution in [0.2, 0.25) is 13.1 Å². The van der Waals surface area contributed by atoms with E-state index in [1.807, 2.05) is 0 Å². The second kappa shape index (κ2) is 7.44. The van der Waals surface area contributed by atoms with Crippen molar-refractivity contribution in [2.75, 3.05) is 4.90 Å². The number of benzene rings is 2. The Morgan fingerprint density at radius 2 is 1.12 bits per heavy atom. The van der Waals surface area contributed by atoms with Crippen molar-refractivity contribution in [2.45, 2.75) is 65.7 Å². The zero-order valence-corrected chi connectivity index (χ0v) is 19.0. The molecular weight excluding hydrogens is 330 g/mol. The summed E-state index contributed by atoms with van der Waals surface area (Å²) >= 11 is 0. The normalized spacial score (nSPS) is 12.3. The Kier molecular flexibility index (Phi) is 5.87. The fourth-order valence-electron chi connectivity index (χ4n) is 3.83. The van der Waals surface area contributed by atoms with Gasteiger partial charge in [-0.25, -0.2) is 0 Å². The van der Waals surface area contributed by atoms with E-state index >= 15 is 0 Å². The van der Waals surface area contributed by atoms with Gasteiger partial charge < -0.3 is 4.90 Å². The first-order chi connectivity index (χ1) is 11.9. The summed E-state index contributed by atoms with van der Waals surface area (Å²) in [6.45, 7) is 22.7. The van der Waals surface area contributed by atoms with Crippen molar-refractivity contribution in [3.8, 4) is 0 Å². The Morgan fingerprint density at radius 1 is 0.731 bits per heavy atom. The van der Waals surface area contributed by atoms with Crippen LogP contribution in [0.25, 0.3) is 5.57 Å². The lowest BCUT2D eigenvalue weighted by Crippen LogP contribution is -2.53. The Morgan fingerprint density at radius 3 is 1.46 bits per heavy atom. The molecule has 0 aliphatic rings. The highest BCUT2D eigenvalue weighted by atomic mass is 28.3. The predicted molar refractivity (Wildman–Crippen MR) is 122 cm³/mol. The van der Waals surface area contributed by atoms with Gasteiger partial charge in [-0.15, -0.1) is 0 Å². The van der Waals surface area contributed by atoms with Crippen molar-refractivity contribution in [3.05, 3.63) is 66.2 Å². The van der Waals surface area contributed by atoms with Crippen LogP contribution >= 0.6 is 0 Å². The van der Waals surface area contributed by atoms with Crippen molar-refractivity contribution in [3.63, 3.8) is 0 Å². The second-order valence-electron chi connectivity index (χ2n) is 9.48. The fraction of sp³-hybridized carbons (Fsp3) is 0.417. The molecule has 0 radical (unpaired) electrons. The van der Waals surface area contributed by atoms with Crippen molar-refractivity contribution in [2.24, 2.45) is 0 Å². The van der Waals surface area contributed by atoms with E-state index < -0.39 is 8.80 Å². The maximum absolute atomic E-state index is 4.34. The molecule has 2 rings (SSSR count). The first-order valence-corrected chi connectivity index (χ1v) is 12.5. The number of hydrogen-bond donors (Lipinski definition) is 0. The van der Waals surface area contributed by atoms with Gasteiger partial charge in [-0.05, 0) is 70.4 Å². The summed E-state index contributed by atoms with van der Waals surface area (Å²) in [5, 5.41) is 1.50.